The summed E-state index contributed by atoms with van der Waals surface area (Å²) in [6.45, 7) is 5.98. The van der Waals surface area contributed by atoms with Crippen LogP contribution >= 0.6 is 0 Å². The van der Waals surface area contributed by atoms with Crippen LogP contribution in [0.15, 0.2) is 10.9 Å². The molecule has 2 aromatic heterocycles. The Labute approximate surface area is 111 Å². The lowest BCUT2D eigenvalue weighted by molar-refractivity contribution is 0.282. The summed E-state index contributed by atoms with van der Waals surface area (Å²) in [6, 6.07) is 1.52. The first-order chi connectivity index (χ1) is 9.14. The highest BCUT2D eigenvalue weighted by Crippen LogP contribution is 2.34. The van der Waals surface area contributed by atoms with E-state index < -0.39 is 0 Å². The normalized spacial score (nSPS) is 18.8. The maximum Gasteiger partial charge on any atom is 0.274 e. The third kappa shape index (κ3) is 1.96. The molecule has 1 saturated heterocycles. The molecule has 6 nitrogen and oxygen atoms in total. The van der Waals surface area contributed by atoms with Crippen LogP contribution in [0, 0.1) is 6.92 Å². The molecule has 0 aliphatic carbocycles. The van der Waals surface area contributed by atoms with Crippen LogP contribution in [0.1, 0.15) is 37.7 Å². The van der Waals surface area contributed by atoms with E-state index in [1.54, 1.807) is 0 Å². The van der Waals surface area contributed by atoms with Gasteiger partial charge < -0.3 is 5.32 Å². The Morgan fingerprint density at radius 1 is 1.37 bits per heavy atom. The first-order valence-corrected chi connectivity index (χ1v) is 6.82. The van der Waals surface area contributed by atoms with Crippen molar-refractivity contribution in [2.45, 2.75) is 38.5 Å². The molecule has 3 rings (SSSR count). The van der Waals surface area contributed by atoms with Crippen LogP contribution in [0.3, 0.4) is 0 Å². The molecule has 0 bridgehead atoms. The number of hydrogen-bond donors (Lipinski definition) is 2. The molecule has 102 valence electrons. The highest BCUT2D eigenvalue weighted by Gasteiger charge is 2.35. The molecule has 0 saturated carbocycles. The topological polar surface area (TPSA) is 75.1 Å². The largest absolute Gasteiger partial charge is 0.317 e. The molecule has 1 aliphatic rings. The van der Waals surface area contributed by atoms with Gasteiger partial charge in [0.15, 0.2) is 0 Å². The lowest BCUT2D eigenvalue weighted by Crippen LogP contribution is -2.40. The van der Waals surface area contributed by atoms with E-state index in [0.717, 1.165) is 38.2 Å². The van der Waals surface area contributed by atoms with Gasteiger partial charge in [-0.2, -0.15) is 9.50 Å². The molecule has 19 heavy (non-hydrogen) atoms. The molecule has 6 heteroatoms. The number of aryl methyl sites for hydroxylation is 1. The zero-order valence-corrected chi connectivity index (χ0v) is 11.4. The minimum atomic E-state index is -0.0959. The first kappa shape index (κ1) is 12.3. The van der Waals surface area contributed by atoms with Crippen molar-refractivity contribution in [3.63, 3.8) is 0 Å². The second kappa shape index (κ2) is 4.45. The standard InChI is InChI=1S/C13H19N5O/c1-3-13(4-6-14-7-5-13)11-16-12-15-9(2)8-10(19)18(12)17-11/h8,14H,3-7H2,1-2H3,(H,15,16,17). The van der Waals surface area contributed by atoms with E-state index >= 15 is 0 Å². The Bertz CT molecular complexity index is 651. The average Bonchev–Trinajstić information content (AvgIpc) is 2.84. The molecule has 1 aliphatic heterocycles. The second-order valence-electron chi connectivity index (χ2n) is 5.33. The summed E-state index contributed by atoms with van der Waals surface area (Å²) in [5.41, 5.74) is 0.652. The van der Waals surface area contributed by atoms with E-state index in [9.17, 15) is 4.79 Å². The zero-order valence-electron chi connectivity index (χ0n) is 11.4. The van der Waals surface area contributed by atoms with Gasteiger partial charge in [-0.05, 0) is 39.3 Å². The second-order valence-corrected chi connectivity index (χ2v) is 5.33. The summed E-state index contributed by atoms with van der Waals surface area (Å²) in [5.74, 6) is 1.37. The number of aromatic nitrogens is 4. The Hall–Kier alpha value is -1.69. The summed E-state index contributed by atoms with van der Waals surface area (Å²) in [6.07, 6.45) is 3.09. The Kier molecular flexibility index (Phi) is 2.89. The van der Waals surface area contributed by atoms with Crippen molar-refractivity contribution in [1.82, 2.24) is 24.9 Å². The van der Waals surface area contributed by atoms with Crippen LogP contribution in [-0.4, -0.2) is 32.7 Å². The monoisotopic (exact) mass is 261 g/mol. The van der Waals surface area contributed by atoms with E-state index in [0.29, 0.717) is 11.5 Å². The fraction of sp³-hybridized carbons (Fsp3) is 0.615. The highest BCUT2D eigenvalue weighted by molar-refractivity contribution is 5.30. The van der Waals surface area contributed by atoms with Crippen molar-refractivity contribution < 1.29 is 0 Å². The lowest BCUT2D eigenvalue weighted by atomic mass is 9.76. The van der Waals surface area contributed by atoms with Crippen LogP contribution in [0.4, 0.5) is 0 Å². The van der Waals surface area contributed by atoms with E-state index in [1.807, 2.05) is 6.92 Å². The van der Waals surface area contributed by atoms with Crippen LogP contribution < -0.4 is 10.9 Å². The van der Waals surface area contributed by atoms with Crippen LogP contribution in [0.2, 0.25) is 0 Å². The summed E-state index contributed by atoms with van der Waals surface area (Å²) in [4.78, 5) is 20.8. The summed E-state index contributed by atoms with van der Waals surface area (Å²) >= 11 is 0. The predicted octanol–water partition coefficient (Wildman–Crippen LogP) is 0.757. The van der Waals surface area contributed by atoms with Gasteiger partial charge in [0.2, 0.25) is 0 Å². The number of aromatic amines is 1. The number of H-pyrrole nitrogens is 1. The summed E-state index contributed by atoms with van der Waals surface area (Å²) in [5, 5.41) is 6.53. The SMILES string of the molecule is CCC1(c2nc3nc(C)cc(=O)n3[nH]2)CCNCC1. The van der Waals surface area contributed by atoms with Gasteiger partial charge in [0.05, 0.1) is 0 Å². The minimum Gasteiger partial charge on any atom is -0.317 e. The highest BCUT2D eigenvalue weighted by atomic mass is 16.1. The van der Waals surface area contributed by atoms with Gasteiger partial charge >= 0.3 is 0 Å². The number of piperidine rings is 1. The van der Waals surface area contributed by atoms with Crippen molar-refractivity contribution in [3.05, 3.63) is 27.9 Å². The van der Waals surface area contributed by atoms with E-state index in [-0.39, 0.29) is 11.0 Å². The fourth-order valence-electron chi connectivity index (χ4n) is 2.89. The van der Waals surface area contributed by atoms with Gasteiger partial charge in [-0.1, -0.05) is 6.92 Å². The molecule has 3 heterocycles. The van der Waals surface area contributed by atoms with Crippen molar-refractivity contribution in [2.75, 3.05) is 13.1 Å². The molecule has 2 N–H and O–H groups in total. The van der Waals surface area contributed by atoms with Gasteiger partial charge in [0.25, 0.3) is 11.3 Å². The van der Waals surface area contributed by atoms with Gasteiger partial charge in [-0.3, -0.25) is 9.89 Å². The Balaban J connectivity index is 2.14. The average molecular weight is 261 g/mol. The molecule has 2 aromatic rings. The molecule has 0 spiro atoms. The molecule has 0 amide bonds. The number of nitrogens with zero attached hydrogens (tertiary/aromatic N) is 3. The Morgan fingerprint density at radius 3 is 2.79 bits per heavy atom. The summed E-state index contributed by atoms with van der Waals surface area (Å²) < 4.78 is 1.45. The molecule has 0 aromatic carbocycles. The summed E-state index contributed by atoms with van der Waals surface area (Å²) in [7, 11) is 0. The van der Waals surface area contributed by atoms with E-state index in [4.69, 9.17) is 0 Å². The van der Waals surface area contributed by atoms with Gasteiger partial charge in [0.1, 0.15) is 5.82 Å². The first-order valence-electron chi connectivity index (χ1n) is 6.82. The smallest absolute Gasteiger partial charge is 0.274 e. The van der Waals surface area contributed by atoms with Crippen molar-refractivity contribution in [2.24, 2.45) is 0 Å². The Morgan fingerprint density at radius 2 is 2.11 bits per heavy atom. The quantitative estimate of drug-likeness (QED) is 0.837. The van der Waals surface area contributed by atoms with Crippen LogP contribution in [0.5, 0.6) is 0 Å². The zero-order chi connectivity index (χ0) is 13.5. The van der Waals surface area contributed by atoms with Gasteiger partial charge in [0, 0.05) is 17.2 Å². The van der Waals surface area contributed by atoms with Crippen LogP contribution in [-0.2, 0) is 5.41 Å². The maximum atomic E-state index is 11.9. The van der Waals surface area contributed by atoms with Crippen molar-refractivity contribution >= 4 is 5.78 Å². The van der Waals surface area contributed by atoms with Crippen molar-refractivity contribution in [3.8, 4) is 0 Å². The third-order valence-corrected chi connectivity index (χ3v) is 4.20. The predicted molar refractivity (Wildman–Crippen MR) is 72.4 cm³/mol. The van der Waals surface area contributed by atoms with E-state index in [1.165, 1.54) is 10.6 Å². The third-order valence-electron chi connectivity index (χ3n) is 4.20. The molecule has 0 unspecified atom stereocenters. The molecule has 0 atom stereocenters. The number of nitrogens with one attached hydrogen (secondary N) is 2. The fourth-order valence-corrected chi connectivity index (χ4v) is 2.89. The maximum absolute atomic E-state index is 11.9. The van der Waals surface area contributed by atoms with Crippen molar-refractivity contribution in [1.29, 1.82) is 0 Å². The molecular formula is C13H19N5O. The lowest BCUT2D eigenvalue weighted by Gasteiger charge is -2.34. The number of hydrogen-bond acceptors (Lipinski definition) is 4. The van der Waals surface area contributed by atoms with Gasteiger partial charge in [-0.25, -0.2) is 4.98 Å². The molecular weight excluding hydrogens is 242 g/mol. The minimum absolute atomic E-state index is 0.0410. The molecule has 0 radical (unpaired) electrons. The number of rotatable bonds is 2. The molecule has 1 fully saturated rings. The van der Waals surface area contributed by atoms with E-state index in [2.05, 4.69) is 27.3 Å². The number of fused-ring (bicyclic) bond motifs is 1. The van der Waals surface area contributed by atoms with Crippen LogP contribution in [0.25, 0.3) is 5.78 Å². The van der Waals surface area contributed by atoms with Gasteiger partial charge in [-0.15, -0.1) is 0 Å².